The first kappa shape index (κ1) is 27.9. The average molecular weight is 528 g/mol. The summed E-state index contributed by atoms with van der Waals surface area (Å²) in [5, 5.41) is 26.5. The second-order valence-electron chi connectivity index (χ2n) is 8.74. The van der Waals surface area contributed by atoms with Crippen molar-refractivity contribution in [2.24, 2.45) is 5.73 Å². The van der Waals surface area contributed by atoms with Crippen LogP contribution in [-0.4, -0.2) is 79.0 Å². The first-order valence-corrected chi connectivity index (χ1v) is 11.7. The molecule has 0 bridgehead atoms. The van der Waals surface area contributed by atoms with Crippen LogP contribution in [-0.2, 0) is 36.8 Å². The fourth-order valence-corrected chi connectivity index (χ4v) is 3.78. The highest BCUT2D eigenvalue weighted by molar-refractivity contribution is 5.95. The normalized spacial score (nSPS) is 14.2. The molecular formula is C24H29N7O7. The molecule has 9 N–H and O–H groups in total. The van der Waals surface area contributed by atoms with Gasteiger partial charge in [-0.15, -0.1) is 0 Å². The maximum atomic E-state index is 13.2. The summed E-state index contributed by atoms with van der Waals surface area (Å²) in [6.45, 7) is 1.36. The molecule has 14 nitrogen and oxygen atoms in total. The fourth-order valence-electron chi connectivity index (χ4n) is 3.78. The van der Waals surface area contributed by atoms with E-state index >= 15 is 0 Å². The van der Waals surface area contributed by atoms with Gasteiger partial charge in [0.2, 0.25) is 17.7 Å². The molecule has 3 aromatic rings. The fraction of sp³-hybridized carbons (Fsp3) is 0.333. The Hall–Kier alpha value is -4.72. The van der Waals surface area contributed by atoms with Crippen LogP contribution >= 0.6 is 0 Å². The number of para-hydroxylation sites is 1. The number of aliphatic carboxylic acids is 2. The van der Waals surface area contributed by atoms with Crippen LogP contribution in [0.2, 0.25) is 0 Å². The van der Waals surface area contributed by atoms with E-state index in [9.17, 15) is 29.1 Å². The zero-order valence-electron chi connectivity index (χ0n) is 20.4. The lowest BCUT2D eigenvalue weighted by Gasteiger charge is -2.23. The van der Waals surface area contributed by atoms with Crippen molar-refractivity contribution in [1.82, 2.24) is 30.9 Å². The van der Waals surface area contributed by atoms with Gasteiger partial charge in [-0.2, -0.15) is 0 Å². The third kappa shape index (κ3) is 7.39. The first-order valence-electron chi connectivity index (χ1n) is 11.7. The van der Waals surface area contributed by atoms with Crippen molar-refractivity contribution >= 4 is 40.6 Å². The Morgan fingerprint density at radius 1 is 0.947 bits per heavy atom. The summed E-state index contributed by atoms with van der Waals surface area (Å²) in [4.78, 5) is 70.6. The van der Waals surface area contributed by atoms with Crippen LogP contribution in [0.3, 0.4) is 0 Å². The third-order valence-corrected chi connectivity index (χ3v) is 5.81. The number of hydrogen-bond acceptors (Lipinski definition) is 7. The number of benzene rings is 1. The second-order valence-corrected chi connectivity index (χ2v) is 8.74. The highest BCUT2D eigenvalue weighted by Gasteiger charge is 2.29. The zero-order chi connectivity index (χ0) is 27.8. The summed E-state index contributed by atoms with van der Waals surface area (Å²) in [5.74, 6) is -4.91. The number of carboxylic acid groups (broad SMARTS) is 2. The number of carbonyl (C=O) groups excluding carboxylic acids is 3. The molecule has 0 saturated carbocycles. The van der Waals surface area contributed by atoms with Gasteiger partial charge in [-0.25, -0.2) is 9.78 Å². The van der Waals surface area contributed by atoms with Crippen molar-refractivity contribution in [2.75, 3.05) is 0 Å². The average Bonchev–Trinajstić information content (AvgIpc) is 3.52. The molecule has 2 aromatic heterocycles. The van der Waals surface area contributed by atoms with Crippen LogP contribution in [0.15, 0.2) is 43.0 Å². The standard InChI is InChI=1S/C24H29N7O7/c1-12(21(34)31-19(24(37)38)7-14-10-26-11-28-14)29-23(36)18(30-22(35)16(25)8-20(32)33)6-13-9-27-17-5-3-2-4-15(13)17/h2-5,9-12,16,18-19,27H,6-8,25H2,1H3,(H,26,28)(H,29,36)(H,30,35)(H,31,34)(H,32,33)(H,37,38). The Balaban J connectivity index is 1.72. The largest absolute Gasteiger partial charge is 0.481 e. The Kier molecular flexibility index (Phi) is 9.16. The SMILES string of the molecule is CC(NC(=O)C(Cc1c[nH]c2ccccc12)NC(=O)C(N)CC(=O)O)C(=O)NC(Cc1cnc[nH]1)C(=O)O. The van der Waals surface area contributed by atoms with Gasteiger partial charge in [-0.3, -0.25) is 19.2 Å². The summed E-state index contributed by atoms with van der Waals surface area (Å²) in [7, 11) is 0. The van der Waals surface area contributed by atoms with Crippen LogP contribution in [0.4, 0.5) is 0 Å². The lowest BCUT2D eigenvalue weighted by atomic mass is 10.0. The third-order valence-electron chi connectivity index (χ3n) is 5.81. The van der Waals surface area contributed by atoms with Crippen LogP contribution in [0.1, 0.15) is 24.6 Å². The molecule has 0 saturated heterocycles. The first-order chi connectivity index (χ1) is 18.0. The van der Waals surface area contributed by atoms with Gasteiger partial charge in [0, 0.05) is 41.8 Å². The minimum absolute atomic E-state index is 0.00723. The van der Waals surface area contributed by atoms with Gasteiger partial charge < -0.3 is 41.9 Å². The van der Waals surface area contributed by atoms with Gasteiger partial charge in [0.1, 0.15) is 18.1 Å². The number of nitrogens with two attached hydrogens (primary N) is 1. The van der Waals surface area contributed by atoms with E-state index in [0.29, 0.717) is 11.3 Å². The number of nitrogens with zero attached hydrogens (tertiary/aromatic N) is 1. The molecule has 4 atom stereocenters. The van der Waals surface area contributed by atoms with Crippen molar-refractivity contribution in [1.29, 1.82) is 0 Å². The van der Waals surface area contributed by atoms with Gasteiger partial charge in [0.05, 0.1) is 18.8 Å². The molecular weight excluding hydrogens is 498 g/mol. The molecule has 1 aromatic carbocycles. The van der Waals surface area contributed by atoms with E-state index in [-0.39, 0.29) is 12.8 Å². The van der Waals surface area contributed by atoms with E-state index in [1.807, 2.05) is 24.3 Å². The maximum Gasteiger partial charge on any atom is 0.326 e. The van der Waals surface area contributed by atoms with Gasteiger partial charge >= 0.3 is 11.9 Å². The Labute approximate surface area is 216 Å². The molecule has 14 heteroatoms. The zero-order valence-corrected chi connectivity index (χ0v) is 20.4. The number of rotatable bonds is 13. The number of carbonyl (C=O) groups is 5. The summed E-state index contributed by atoms with van der Waals surface area (Å²) >= 11 is 0. The number of hydrogen-bond donors (Lipinski definition) is 8. The number of H-pyrrole nitrogens is 2. The van der Waals surface area contributed by atoms with Crippen LogP contribution in [0.5, 0.6) is 0 Å². The van der Waals surface area contributed by atoms with Gasteiger partial charge in [-0.05, 0) is 18.6 Å². The molecule has 2 heterocycles. The van der Waals surface area contributed by atoms with E-state index in [2.05, 4.69) is 30.9 Å². The molecule has 202 valence electrons. The Bertz CT molecular complexity index is 1300. The number of amides is 3. The molecule has 38 heavy (non-hydrogen) atoms. The Morgan fingerprint density at radius 3 is 2.32 bits per heavy atom. The molecule has 4 unspecified atom stereocenters. The minimum atomic E-state index is -1.40. The van der Waals surface area contributed by atoms with Crippen molar-refractivity contribution in [3.63, 3.8) is 0 Å². The highest BCUT2D eigenvalue weighted by Crippen LogP contribution is 2.19. The van der Waals surface area contributed by atoms with Crippen molar-refractivity contribution in [2.45, 2.75) is 50.4 Å². The number of fused-ring (bicyclic) bond motifs is 1. The summed E-state index contributed by atoms with van der Waals surface area (Å²) < 4.78 is 0. The molecule has 3 rings (SSSR count). The second kappa shape index (κ2) is 12.5. The maximum absolute atomic E-state index is 13.2. The Morgan fingerprint density at radius 2 is 1.66 bits per heavy atom. The van der Waals surface area contributed by atoms with E-state index in [1.54, 1.807) is 6.20 Å². The number of imidazole rings is 1. The quantitative estimate of drug-likeness (QED) is 0.136. The molecule has 3 amide bonds. The smallest absolute Gasteiger partial charge is 0.326 e. The molecule has 0 aliphatic heterocycles. The molecule has 0 spiro atoms. The van der Waals surface area contributed by atoms with Crippen molar-refractivity contribution in [3.05, 3.63) is 54.2 Å². The van der Waals surface area contributed by atoms with E-state index in [1.165, 1.54) is 19.4 Å². The molecule has 0 aliphatic carbocycles. The van der Waals surface area contributed by atoms with E-state index < -0.39 is 60.2 Å². The predicted octanol–water partition coefficient (Wildman–Crippen LogP) is -0.963. The predicted molar refractivity (Wildman–Crippen MR) is 134 cm³/mol. The van der Waals surface area contributed by atoms with Crippen LogP contribution in [0, 0.1) is 0 Å². The van der Waals surface area contributed by atoms with E-state index in [0.717, 1.165) is 10.9 Å². The molecule has 0 fully saturated rings. The lowest BCUT2D eigenvalue weighted by Crippen LogP contribution is -2.57. The topological polar surface area (TPSA) is 232 Å². The van der Waals surface area contributed by atoms with Gasteiger partial charge in [0.25, 0.3) is 0 Å². The van der Waals surface area contributed by atoms with Crippen LogP contribution in [0.25, 0.3) is 10.9 Å². The monoisotopic (exact) mass is 527 g/mol. The number of aromatic amines is 2. The van der Waals surface area contributed by atoms with Crippen LogP contribution < -0.4 is 21.7 Å². The summed E-state index contributed by atoms with van der Waals surface area (Å²) in [6, 6.07) is 2.25. The van der Waals surface area contributed by atoms with Crippen molar-refractivity contribution < 1.29 is 34.2 Å². The minimum Gasteiger partial charge on any atom is -0.481 e. The van der Waals surface area contributed by atoms with Crippen molar-refractivity contribution in [3.8, 4) is 0 Å². The highest BCUT2D eigenvalue weighted by atomic mass is 16.4. The molecule has 0 aliphatic rings. The van der Waals surface area contributed by atoms with Gasteiger partial charge in [0.15, 0.2) is 0 Å². The van der Waals surface area contributed by atoms with E-state index in [4.69, 9.17) is 10.8 Å². The number of nitrogens with one attached hydrogen (secondary N) is 5. The lowest BCUT2D eigenvalue weighted by molar-refractivity contribution is -0.142. The van der Waals surface area contributed by atoms with Gasteiger partial charge in [-0.1, -0.05) is 18.2 Å². The summed E-state index contributed by atoms with van der Waals surface area (Å²) in [5.41, 5.74) is 7.65. The molecule has 0 radical (unpaired) electrons. The number of carboxylic acids is 2. The summed E-state index contributed by atoms with van der Waals surface area (Å²) in [6.07, 6.45) is 3.80. The number of aromatic nitrogens is 3.